The van der Waals surface area contributed by atoms with E-state index in [1.807, 2.05) is 43.3 Å². The van der Waals surface area contributed by atoms with Crippen molar-refractivity contribution in [2.75, 3.05) is 18.5 Å². The molecule has 1 N–H and O–H groups in total. The molecular formula is C27H27Cl2N3O3. The summed E-state index contributed by atoms with van der Waals surface area (Å²) in [4.78, 5) is 42.3. The van der Waals surface area contributed by atoms with Gasteiger partial charge in [-0.2, -0.15) is 0 Å². The Kier molecular flexibility index (Phi) is 7.63. The first-order valence-corrected chi connectivity index (χ1v) is 12.4. The van der Waals surface area contributed by atoms with Crippen LogP contribution in [0.15, 0.2) is 54.6 Å². The molecule has 0 aromatic heterocycles. The van der Waals surface area contributed by atoms with Crippen LogP contribution in [0, 0.1) is 0 Å². The van der Waals surface area contributed by atoms with Gasteiger partial charge in [0.15, 0.2) is 0 Å². The molecule has 3 amide bonds. The number of rotatable bonds is 9. The van der Waals surface area contributed by atoms with Gasteiger partial charge in [0, 0.05) is 53.1 Å². The van der Waals surface area contributed by atoms with E-state index in [-0.39, 0.29) is 30.7 Å². The molecule has 6 nitrogen and oxygen atoms in total. The van der Waals surface area contributed by atoms with Gasteiger partial charge in [-0.1, -0.05) is 60.5 Å². The zero-order chi connectivity index (χ0) is 25.1. The number of amides is 3. The molecule has 1 aliphatic heterocycles. The summed E-state index contributed by atoms with van der Waals surface area (Å²) in [6, 6.07) is 16.1. The zero-order valence-electron chi connectivity index (χ0n) is 19.7. The van der Waals surface area contributed by atoms with Gasteiger partial charge in [0.05, 0.1) is 5.69 Å². The van der Waals surface area contributed by atoms with E-state index in [1.54, 1.807) is 30.1 Å². The molecule has 4 rings (SSSR count). The second-order valence-electron chi connectivity index (χ2n) is 8.50. The van der Waals surface area contributed by atoms with Crippen molar-refractivity contribution < 1.29 is 14.4 Å². The molecule has 0 saturated carbocycles. The fourth-order valence-electron chi connectivity index (χ4n) is 4.67. The standard InChI is InChI=1S/C27H27Cl2N3O3/c1-3-22(26(34)30-2)32(16-19-20(28)11-6-12-21(19)29)24(33)14-7-15-31-23-13-5-9-17-8-4-10-18(25(17)23)27(31)35/h4-6,8-13,22H,3,7,14-16H2,1-2H3,(H,30,34)/t22-/m1/s1. The molecule has 0 unspecified atom stereocenters. The van der Waals surface area contributed by atoms with E-state index in [2.05, 4.69) is 5.32 Å². The van der Waals surface area contributed by atoms with Crippen molar-refractivity contribution in [3.8, 4) is 0 Å². The minimum Gasteiger partial charge on any atom is -0.357 e. The highest BCUT2D eigenvalue weighted by Gasteiger charge is 2.31. The SMILES string of the molecule is CC[C@H](C(=O)NC)N(Cc1c(Cl)cccc1Cl)C(=O)CCCN1C(=O)c2cccc3cccc1c23. The fraction of sp³-hybridized carbons (Fsp3) is 0.296. The van der Waals surface area contributed by atoms with Crippen molar-refractivity contribution in [1.82, 2.24) is 10.2 Å². The lowest BCUT2D eigenvalue weighted by Crippen LogP contribution is -2.48. The first-order chi connectivity index (χ1) is 16.9. The molecule has 3 aromatic carbocycles. The number of hydrogen-bond donors (Lipinski definition) is 1. The Balaban J connectivity index is 1.51. The van der Waals surface area contributed by atoms with Crippen LogP contribution >= 0.6 is 23.2 Å². The maximum Gasteiger partial charge on any atom is 0.258 e. The number of carbonyl (C=O) groups excluding carboxylic acids is 3. The maximum absolute atomic E-state index is 13.4. The van der Waals surface area contributed by atoms with E-state index in [9.17, 15) is 14.4 Å². The third-order valence-corrected chi connectivity index (χ3v) is 7.15. The van der Waals surface area contributed by atoms with Gasteiger partial charge in [0.2, 0.25) is 11.8 Å². The van der Waals surface area contributed by atoms with Gasteiger partial charge in [0.25, 0.3) is 5.91 Å². The molecule has 35 heavy (non-hydrogen) atoms. The minimum absolute atomic E-state index is 0.0549. The van der Waals surface area contributed by atoms with Crippen molar-refractivity contribution in [2.45, 2.75) is 38.8 Å². The smallest absolute Gasteiger partial charge is 0.258 e. The monoisotopic (exact) mass is 511 g/mol. The molecule has 8 heteroatoms. The van der Waals surface area contributed by atoms with Crippen LogP contribution in [0.5, 0.6) is 0 Å². The molecule has 0 bridgehead atoms. The normalized spacial score (nSPS) is 13.3. The summed E-state index contributed by atoms with van der Waals surface area (Å²) in [5, 5.41) is 5.49. The predicted molar refractivity (Wildman–Crippen MR) is 140 cm³/mol. The van der Waals surface area contributed by atoms with Crippen LogP contribution < -0.4 is 10.2 Å². The molecule has 0 saturated heterocycles. The third-order valence-electron chi connectivity index (χ3n) is 6.44. The molecule has 0 fully saturated rings. The van der Waals surface area contributed by atoms with Crippen LogP contribution in [0.3, 0.4) is 0 Å². The van der Waals surface area contributed by atoms with Crippen molar-refractivity contribution in [1.29, 1.82) is 0 Å². The van der Waals surface area contributed by atoms with Gasteiger partial charge in [-0.15, -0.1) is 0 Å². The van der Waals surface area contributed by atoms with Gasteiger partial charge in [-0.3, -0.25) is 14.4 Å². The Morgan fingerprint density at radius 3 is 2.34 bits per heavy atom. The second kappa shape index (κ2) is 10.7. The Hall–Kier alpha value is -3.09. The summed E-state index contributed by atoms with van der Waals surface area (Å²) in [5.74, 6) is -0.500. The van der Waals surface area contributed by atoms with Crippen LogP contribution in [0.25, 0.3) is 10.8 Å². The number of anilines is 1. The molecule has 0 radical (unpaired) electrons. The van der Waals surface area contributed by atoms with Crippen molar-refractivity contribution in [3.63, 3.8) is 0 Å². The Morgan fingerprint density at radius 2 is 1.69 bits per heavy atom. The predicted octanol–water partition coefficient (Wildman–Crippen LogP) is 5.44. The second-order valence-corrected chi connectivity index (χ2v) is 9.32. The number of hydrogen-bond acceptors (Lipinski definition) is 3. The highest BCUT2D eigenvalue weighted by molar-refractivity contribution is 6.36. The summed E-state index contributed by atoms with van der Waals surface area (Å²) in [6.45, 7) is 2.38. The topological polar surface area (TPSA) is 69.7 Å². The summed E-state index contributed by atoms with van der Waals surface area (Å²) in [7, 11) is 1.55. The van der Waals surface area contributed by atoms with Gasteiger partial charge in [-0.25, -0.2) is 0 Å². The largest absolute Gasteiger partial charge is 0.357 e. The van der Waals surface area contributed by atoms with Gasteiger partial charge < -0.3 is 15.1 Å². The van der Waals surface area contributed by atoms with E-state index in [4.69, 9.17) is 23.2 Å². The van der Waals surface area contributed by atoms with E-state index >= 15 is 0 Å². The zero-order valence-corrected chi connectivity index (χ0v) is 21.2. The van der Waals surface area contributed by atoms with E-state index in [0.717, 1.165) is 16.5 Å². The van der Waals surface area contributed by atoms with Crippen LogP contribution in [-0.4, -0.2) is 42.3 Å². The number of benzene rings is 3. The van der Waals surface area contributed by atoms with Crippen LogP contribution in [0.4, 0.5) is 5.69 Å². The molecule has 1 atom stereocenters. The van der Waals surface area contributed by atoms with Crippen molar-refractivity contribution in [2.24, 2.45) is 0 Å². The fourth-order valence-corrected chi connectivity index (χ4v) is 5.19. The summed E-state index contributed by atoms with van der Waals surface area (Å²) in [6.07, 6.45) is 1.06. The molecular weight excluding hydrogens is 485 g/mol. The highest BCUT2D eigenvalue weighted by atomic mass is 35.5. The quantitative estimate of drug-likeness (QED) is 0.415. The highest BCUT2D eigenvalue weighted by Crippen LogP contribution is 2.37. The molecule has 3 aromatic rings. The van der Waals surface area contributed by atoms with Crippen molar-refractivity contribution >= 4 is 57.4 Å². The first kappa shape index (κ1) is 25.0. The molecule has 0 aliphatic carbocycles. The van der Waals surface area contributed by atoms with Gasteiger partial charge in [-0.05, 0) is 42.5 Å². The van der Waals surface area contributed by atoms with E-state index in [0.29, 0.717) is 40.6 Å². The number of carbonyl (C=O) groups is 3. The number of nitrogens with one attached hydrogen (secondary N) is 1. The number of nitrogens with zero attached hydrogens (tertiary/aromatic N) is 2. The molecule has 1 heterocycles. The summed E-state index contributed by atoms with van der Waals surface area (Å²) < 4.78 is 0. The number of halogens is 2. The Morgan fingerprint density at radius 1 is 1.03 bits per heavy atom. The lowest BCUT2D eigenvalue weighted by molar-refractivity contribution is -0.141. The lowest BCUT2D eigenvalue weighted by Gasteiger charge is -2.31. The lowest BCUT2D eigenvalue weighted by atomic mass is 10.1. The van der Waals surface area contributed by atoms with Crippen molar-refractivity contribution in [3.05, 3.63) is 75.8 Å². The van der Waals surface area contributed by atoms with Crippen LogP contribution in [-0.2, 0) is 16.1 Å². The van der Waals surface area contributed by atoms with E-state index < -0.39 is 6.04 Å². The Labute approximate surface area is 214 Å². The summed E-state index contributed by atoms with van der Waals surface area (Å²) in [5.41, 5.74) is 2.15. The van der Waals surface area contributed by atoms with Gasteiger partial charge >= 0.3 is 0 Å². The maximum atomic E-state index is 13.4. The average Bonchev–Trinajstić information content (AvgIpc) is 3.13. The average molecular weight is 512 g/mol. The minimum atomic E-state index is -0.661. The summed E-state index contributed by atoms with van der Waals surface area (Å²) >= 11 is 12.7. The molecule has 182 valence electrons. The molecule has 0 spiro atoms. The van der Waals surface area contributed by atoms with Crippen LogP contribution in [0.1, 0.15) is 42.1 Å². The Bertz CT molecular complexity index is 1270. The van der Waals surface area contributed by atoms with Gasteiger partial charge in [0.1, 0.15) is 6.04 Å². The third kappa shape index (κ3) is 4.86. The first-order valence-electron chi connectivity index (χ1n) is 11.6. The number of likely N-dealkylation sites (N-methyl/N-ethyl adjacent to an activating group) is 1. The van der Waals surface area contributed by atoms with Crippen LogP contribution in [0.2, 0.25) is 10.0 Å². The van der Waals surface area contributed by atoms with E-state index in [1.165, 1.54) is 4.90 Å². The molecule has 1 aliphatic rings.